The van der Waals surface area contributed by atoms with Crippen molar-refractivity contribution >= 4 is 23.2 Å². The second-order valence-corrected chi connectivity index (χ2v) is 6.26. The van der Waals surface area contributed by atoms with Gasteiger partial charge in [-0.2, -0.15) is 0 Å². The molecule has 3 rings (SSSR count). The molecule has 20 heavy (non-hydrogen) atoms. The number of benzene rings is 2. The standard InChI is InChI=1S/C17H17Cl2N/c1-11-2-3-12(9-17(11)19)16-7-4-14(18)8-13(16)10-20-15-5-6-15/h2-4,7-9,15,20H,5-6,10H2,1H3. The minimum Gasteiger partial charge on any atom is -0.310 e. The van der Waals surface area contributed by atoms with Crippen LogP contribution in [0, 0.1) is 6.92 Å². The molecule has 1 nitrogen and oxygen atoms in total. The first kappa shape index (κ1) is 13.9. The lowest BCUT2D eigenvalue weighted by Gasteiger charge is -2.12. The summed E-state index contributed by atoms with van der Waals surface area (Å²) in [5, 5.41) is 5.13. The van der Waals surface area contributed by atoms with Crippen LogP contribution < -0.4 is 5.32 Å². The van der Waals surface area contributed by atoms with Crippen LogP contribution in [-0.2, 0) is 6.54 Å². The molecule has 3 heteroatoms. The molecule has 104 valence electrons. The predicted octanol–water partition coefficient (Wildman–Crippen LogP) is 5.22. The number of aryl methyl sites for hydroxylation is 1. The van der Waals surface area contributed by atoms with E-state index in [0.29, 0.717) is 6.04 Å². The highest BCUT2D eigenvalue weighted by Gasteiger charge is 2.20. The van der Waals surface area contributed by atoms with E-state index in [1.165, 1.54) is 24.0 Å². The number of hydrogen-bond donors (Lipinski definition) is 1. The maximum atomic E-state index is 6.24. The van der Waals surface area contributed by atoms with Crippen LogP contribution in [0.3, 0.4) is 0 Å². The fourth-order valence-electron chi connectivity index (χ4n) is 2.29. The summed E-state index contributed by atoms with van der Waals surface area (Å²) in [6.45, 7) is 2.87. The lowest BCUT2D eigenvalue weighted by atomic mass is 9.98. The van der Waals surface area contributed by atoms with Crippen molar-refractivity contribution in [2.45, 2.75) is 32.4 Å². The van der Waals surface area contributed by atoms with Gasteiger partial charge in [-0.1, -0.05) is 41.4 Å². The van der Waals surface area contributed by atoms with E-state index in [0.717, 1.165) is 27.7 Å². The average molecular weight is 306 g/mol. The highest BCUT2D eigenvalue weighted by Crippen LogP contribution is 2.30. The van der Waals surface area contributed by atoms with E-state index in [4.69, 9.17) is 23.2 Å². The molecular weight excluding hydrogens is 289 g/mol. The second kappa shape index (κ2) is 5.77. The molecule has 0 aromatic heterocycles. The highest BCUT2D eigenvalue weighted by molar-refractivity contribution is 6.31. The van der Waals surface area contributed by atoms with Crippen LogP contribution in [0.5, 0.6) is 0 Å². The molecule has 0 heterocycles. The van der Waals surface area contributed by atoms with E-state index in [1.54, 1.807) is 0 Å². The molecule has 0 bridgehead atoms. The van der Waals surface area contributed by atoms with Crippen LogP contribution in [0.15, 0.2) is 36.4 Å². The Morgan fingerprint density at radius 2 is 1.90 bits per heavy atom. The van der Waals surface area contributed by atoms with Crippen LogP contribution in [0.4, 0.5) is 0 Å². The van der Waals surface area contributed by atoms with Crippen molar-refractivity contribution in [3.05, 3.63) is 57.6 Å². The first-order valence-electron chi connectivity index (χ1n) is 6.92. The zero-order chi connectivity index (χ0) is 14.1. The summed E-state index contributed by atoms with van der Waals surface area (Å²) in [4.78, 5) is 0. The van der Waals surface area contributed by atoms with Crippen LogP contribution in [0.2, 0.25) is 10.0 Å². The van der Waals surface area contributed by atoms with E-state index < -0.39 is 0 Å². The van der Waals surface area contributed by atoms with Gasteiger partial charge in [-0.3, -0.25) is 0 Å². The van der Waals surface area contributed by atoms with Crippen molar-refractivity contribution in [1.29, 1.82) is 0 Å². The smallest absolute Gasteiger partial charge is 0.0441 e. The first-order valence-corrected chi connectivity index (χ1v) is 7.67. The Labute approximate surface area is 129 Å². The van der Waals surface area contributed by atoms with Gasteiger partial charge in [0.15, 0.2) is 0 Å². The van der Waals surface area contributed by atoms with Crippen molar-refractivity contribution in [1.82, 2.24) is 5.32 Å². The number of rotatable bonds is 4. The van der Waals surface area contributed by atoms with Crippen LogP contribution in [0.25, 0.3) is 11.1 Å². The summed E-state index contributed by atoms with van der Waals surface area (Å²) < 4.78 is 0. The lowest BCUT2D eigenvalue weighted by molar-refractivity contribution is 0.689. The Bertz CT molecular complexity index is 633. The normalized spacial score (nSPS) is 14.6. The third-order valence-corrected chi connectivity index (χ3v) is 4.35. The number of halogens is 2. The Morgan fingerprint density at radius 1 is 1.10 bits per heavy atom. The molecule has 0 unspecified atom stereocenters. The zero-order valence-corrected chi connectivity index (χ0v) is 12.9. The third-order valence-electron chi connectivity index (χ3n) is 3.71. The highest BCUT2D eigenvalue weighted by atomic mass is 35.5. The molecule has 0 aliphatic heterocycles. The van der Waals surface area contributed by atoms with E-state index in [1.807, 2.05) is 25.1 Å². The SMILES string of the molecule is Cc1ccc(-c2ccc(Cl)cc2CNC2CC2)cc1Cl. The molecule has 0 amide bonds. The topological polar surface area (TPSA) is 12.0 Å². The molecule has 0 atom stereocenters. The van der Waals surface area contributed by atoms with Gasteiger partial charge in [0, 0.05) is 22.6 Å². The van der Waals surface area contributed by atoms with E-state index in [9.17, 15) is 0 Å². The molecule has 0 spiro atoms. The molecule has 1 N–H and O–H groups in total. The zero-order valence-electron chi connectivity index (χ0n) is 11.4. The van der Waals surface area contributed by atoms with Gasteiger partial charge in [-0.25, -0.2) is 0 Å². The number of hydrogen-bond acceptors (Lipinski definition) is 1. The Hall–Kier alpha value is -1.02. The maximum Gasteiger partial charge on any atom is 0.0441 e. The summed E-state index contributed by atoms with van der Waals surface area (Å²) in [7, 11) is 0. The predicted molar refractivity (Wildman–Crippen MR) is 86.5 cm³/mol. The quantitative estimate of drug-likeness (QED) is 0.816. The van der Waals surface area contributed by atoms with Crippen LogP contribution in [0.1, 0.15) is 24.0 Å². The second-order valence-electron chi connectivity index (χ2n) is 5.42. The minimum absolute atomic E-state index is 0.684. The summed E-state index contributed by atoms with van der Waals surface area (Å²) in [5.74, 6) is 0. The van der Waals surface area contributed by atoms with Gasteiger partial charge in [0.2, 0.25) is 0 Å². The van der Waals surface area contributed by atoms with Crippen molar-refractivity contribution < 1.29 is 0 Å². The first-order chi connectivity index (χ1) is 9.63. The van der Waals surface area contributed by atoms with Crippen molar-refractivity contribution in [2.75, 3.05) is 0 Å². The van der Waals surface area contributed by atoms with Gasteiger partial charge < -0.3 is 5.32 Å². The van der Waals surface area contributed by atoms with Gasteiger partial charge >= 0.3 is 0 Å². The summed E-state index contributed by atoms with van der Waals surface area (Å²) in [6, 6.07) is 12.9. The van der Waals surface area contributed by atoms with Gasteiger partial charge in [0.1, 0.15) is 0 Å². The Morgan fingerprint density at radius 3 is 2.60 bits per heavy atom. The lowest BCUT2D eigenvalue weighted by Crippen LogP contribution is -2.15. The molecule has 2 aromatic carbocycles. The van der Waals surface area contributed by atoms with Crippen molar-refractivity contribution in [3.8, 4) is 11.1 Å². The molecular formula is C17H17Cl2N. The molecule has 1 aliphatic rings. The molecule has 1 fully saturated rings. The van der Waals surface area contributed by atoms with Crippen molar-refractivity contribution in [3.63, 3.8) is 0 Å². The van der Waals surface area contributed by atoms with Crippen LogP contribution >= 0.6 is 23.2 Å². The van der Waals surface area contributed by atoms with E-state index in [2.05, 4.69) is 23.5 Å². The van der Waals surface area contributed by atoms with Gasteiger partial charge in [-0.15, -0.1) is 0 Å². The fraction of sp³-hybridized carbons (Fsp3) is 0.294. The van der Waals surface area contributed by atoms with E-state index in [-0.39, 0.29) is 0 Å². The van der Waals surface area contributed by atoms with Gasteiger partial charge in [0.25, 0.3) is 0 Å². The molecule has 0 saturated heterocycles. The fourth-order valence-corrected chi connectivity index (χ4v) is 2.67. The number of nitrogens with one attached hydrogen (secondary N) is 1. The third kappa shape index (κ3) is 3.17. The summed E-state index contributed by atoms with van der Waals surface area (Å²) >= 11 is 12.4. The average Bonchev–Trinajstić information content (AvgIpc) is 3.24. The molecule has 2 aromatic rings. The Kier molecular flexibility index (Phi) is 4.02. The van der Waals surface area contributed by atoms with E-state index >= 15 is 0 Å². The summed E-state index contributed by atoms with van der Waals surface area (Å²) in [5.41, 5.74) is 4.67. The minimum atomic E-state index is 0.684. The largest absolute Gasteiger partial charge is 0.310 e. The molecule has 0 radical (unpaired) electrons. The van der Waals surface area contributed by atoms with Gasteiger partial charge in [-0.05, 0) is 60.2 Å². The summed E-state index contributed by atoms with van der Waals surface area (Å²) in [6.07, 6.45) is 2.57. The van der Waals surface area contributed by atoms with Crippen LogP contribution in [-0.4, -0.2) is 6.04 Å². The monoisotopic (exact) mass is 305 g/mol. The molecule has 1 saturated carbocycles. The molecule has 1 aliphatic carbocycles. The Balaban J connectivity index is 1.95. The van der Waals surface area contributed by atoms with Crippen molar-refractivity contribution in [2.24, 2.45) is 0 Å². The van der Waals surface area contributed by atoms with Gasteiger partial charge in [0.05, 0.1) is 0 Å². The maximum absolute atomic E-state index is 6.24.